The van der Waals surface area contributed by atoms with Crippen LogP contribution in [0.25, 0.3) is 33.5 Å². The van der Waals surface area contributed by atoms with Crippen LogP contribution in [0.15, 0.2) is 93.3 Å². The van der Waals surface area contributed by atoms with E-state index in [0.29, 0.717) is 12.4 Å². The van der Waals surface area contributed by atoms with E-state index in [1.54, 1.807) is 12.5 Å². The van der Waals surface area contributed by atoms with Gasteiger partial charge in [-0.15, -0.1) is 12.1 Å². The van der Waals surface area contributed by atoms with Crippen LogP contribution in [0.2, 0.25) is 0 Å². The van der Waals surface area contributed by atoms with Crippen molar-refractivity contribution in [2.75, 3.05) is 11.6 Å². The third kappa shape index (κ3) is 4.11. The topological polar surface area (TPSA) is 63.6 Å². The van der Waals surface area contributed by atoms with Crippen molar-refractivity contribution in [3.8, 4) is 11.3 Å². The van der Waals surface area contributed by atoms with Gasteiger partial charge in [-0.1, -0.05) is 46.2 Å². The number of furan rings is 2. The molecule has 5 heterocycles. The van der Waals surface area contributed by atoms with Gasteiger partial charge in [-0.3, -0.25) is 4.99 Å². The van der Waals surface area contributed by atoms with Gasteiger partial charge in [-0.05, 0) is 30.5 Å². The second-order valence-corrected chi connectivity index (χ2v) is 8.15. The molecule has 5 aromatic heterocycles. The molecular formula is C27H22N5O2Zn+. The number of aryl methyl sites for hydroxylation is 2. The first kappa shape index (κ1) is 22.9. The maximum atomic E-state index is 5.40. The van der Waals surface area contributed by atoms with Crippen molar-refractivity contribution in [3.63, 3.8) is 0 Å². The average molecular weight is 514 g/mol. The van der Waals surface area contributed by atoms with Gasteiger partial charge in [0, 0.05) is 36.3 Å². The smallest absolute Gasteiger partial charge is 0.505 e. The molecule has 0 aliphatic heterocycles. The molecule has 7 nitrogen and oxygen atoms in total. The monoisotopic (exact) mass is 512 g/mol. The first-order valence-corrected chi connectivity index (χ1v) is 11.0. The summed E-state index contributed by atoms with van der Waals surface area (Å²) in [4.78, 5) is 11.8. The molecule has 0 amide bonds. The zero-order valence-electron chi connectivity index (χ0n) is 19.5. The molecule has 0 bridgehead atoms. The van der Waals surface area contributed by atoms with Crippen LogP contribution in [0.5, 0.6) is 0 Å². The molecule has 1 aromatic carbocycles. The molecule has 0 saturated heterocycles. The van der Waals surface area contributed by atoms with E-state index in [4.69, 9.17) is 13.8 Å². The molecule has 0 aliphatic carbocycles. The Balaban J connectivity index is 0.00000253. The Morgan fingerprint density at radius 2 is 2.03 bits per heavy atom. The fraction of sp³-hybridized carbons (Fsp3) is 0.111. The Kier molecular flexibility index (Phi) is 6.14. The van der Waals surface area contributed by atoms with Gasteiger partial charge in [0.1, 0.15) is 12.5 Å². The molecular weight excluding hydrogens is 492 g/mol. The summed E-state index contributed by atoms with van der Waals surface area (Å²) >= 11 is 0. The second-order valence-electron chi connectivity index (χ2n) is 8.15. The van der Waals surface area contributed by atoms with Crippen LogP contribution in [-0.2, 0) is 33.6 Å². The number of aliphatic imine (C=N–C) groups is 1. The molecule has 168 valence electrons. The summed E-state index contributed by atoms with van der Waals surface area (Å²) in [5, 5.41) is 1.96. The van der Waals surface area contributed by atoms with Crippen LogP contribution in [0.4, 0.5) is 11.5 Å². The standard InChI is InChI=1S/C27H22N5O2.Zn/c1-30-13-11-22-23(16-31(2)26(22)30)24-9-6-10-25(29-24)32(20-7-4-3-5-8-20)18-28-15-19-17-34-27-21(19)12-14-33-27;/h3-11,13-17H,18H2,1-2H3;/q-1;+2/b28-15+;. The van der Waals surface area contributed by atoms with Gasteiger partial charge in [-0.2, -0.15) is 0 Å². The molecule has 0 unspecified atom stereocenters. The minimum atomic E-state index is 0. The molecule has 0 radical (unpaired) electrons. The van der Waals surface area contributed by atoms with Crippen molar-refractivity contribution in [3.05, 3.63) is 91.1 Å². The SMILES string of the molecule is Cn1cc(-c2cccc(N(C/N=C/c3coc4oc[c-]c34)c3ccccc3)n2)c2[cH-]c[n+](C)c21.[Zn+2]. The fourth-order valence-corrected chi connectivity index (χ4v) is 4.36. The van der Waals surface area contributed by atoms with Gasteiger partial charge in [0.15, 0.2) is 11.4 Å². The van der Waals surface area contributed by atoms with Crippen molar-refractivity contribution in [2.45, 2.75) is 0 Å². The van der Waals surface area contributed by atoms with Gasteiger partial charge in [-0.25, -0.2) is 4.98 Å². The molecule has 0 spiro atoms. The Morgan fingerprint density at radius 3 is 2.89 bits per heavy atom. The van der Waals surface area contributed by atoms with E-state index in [-0.39, 0.29) is 19.5 Å². The largest absolute Gasteiger partial charge is 2.00 e. The maximum absolute atomic E-state index is 5.40. The molecule has 0 atom stereocenters. The van der Waals surface area contributed by atoms with Crippen LogP contribution in [0.3, 0.4) is 0 Å². The number of aromatic nitrogens is 3. The quantitative estimate of drug-likeness (QED) is 0.134. The first-order chi connectivity index (χ1) is 16.7. The minimum Gasteiger partial charge on any atom is -0.505 e. The second kappa shape index (κ2) is 9.39. The van der Waals surface area contributed by atoms with E-state index >= 15 is 0 Å². The molecule has 35 heavy (non-hydrogen) atoms. The summed E-state index contributed by atoms with van der Waals surface area (Å²) in [6.45, 7) is 0.389. The average Bonchev–Trinajstić information content (AvgIpc) is 3.63. The molecule has 6 rings (SSSR count). The van der Waals surface area contributed by atoms with Crippen molar-refractivity contribution >= 4 is 39.9 Å². The maximum Gasteiger partial charge on any atom is 2.00 e. The number of benzene rings is 1. The molecule has 6 aromatic rings. The molecule has 0 fully saturated rings. The summed E-state index contributed by atoms with van der Waals surface area (Å²) in [7, 11) is 4.12. The summed E-state index contributed by atoms with van der Waals surface area (Å²) in [5.74, 6) is 1.27. The van der Waals surface area contributed by atoms with E-state index in [2.05, 4.69) is 75.8 Å². The Labute approximate surface area is 215 Å². The van der Waals surface area contributed by atoms with Gasteiger partial charge in [0.05, 0.1) is 14.1 Å². The Morgan fingerprint density at radius 1 is 1.17 bits per heavy atom. The first-order valence-electron chi connectivity index (χ1n) is 11.0. The summed E-state index contributed by atoms with van der Waals surface area (Å²) in [6, 6.07) is 21.4. The zero-order valence-corrected chi connectivity index (χ0v) is 22.5. The number of anilines is 2. The number of nitrogens with zero attached hydrogens (tertiary/aromatic N) is 5. The van der Waals surface area contributed by atoms with E-state index in [9.17, 15) is 0 Å². The third-order valence-electron chi connectivity index (χ3n) is 5.95. The van der Waals surface area contributed by atoms with E-state index in [0.717, 1.165) is 39.4 Å². The van der Waals surface area contributed by atoms with Crippen LogP contribution in [0.1, 0.15) is 5.56 Å². The van der Waals surface area contributed by atoms with Crippen LogP contribution >= 0.6 is 0 Å². The number of rotatable bonds is 6. The van der Waals surface area contributed by atoms with Crippen LogP contribution in [-0.4, -0.2) is 22.4 Å². The van der Waals surface area contributed by atoms with E-state index in [1.807, 2.05) is 30.3 Å². The van der Waals surface area contributed by atoms with Crippen molar-refractivity contribution in [1.29, 1.82) is 0 Å². The predicted molar refractivity (Wildman–Crippen MR) is 131 cm³/mol. The number of para-hydroxylation sites is 1. The zero-order chi connectivity index (χ0) is 23.1. The van der Waals surface area contributed by atoms with Gasteiger partial charge < -0.3 is 22.9 Å². The summed E-state index contributed by atoms with van der Waals surface area (Å²) < 4.78 is 14.9. The summed E-state index contributed by atoms with van der Waals surface area (Å²) in [5.41, 5.74) is 5.02. The number of hydrogen-bond donors (Lipinski definition) is 0. The molecule has 8 heteroatoms. The number of pyridine rings is 1. The van der Waals surface area contributed by atoms with E-state index < -0.39 is 0 Å². The van der Waals surface area contributed by atoms with Crippen molar-refractivity contribution < 1.29 is 32.9 Å². The van der Waals surface area contributed by atoms with Crippen LogP contribution in [0, 0.1) is 6.07 Å². The normalized spacial score (nSPS) is 11.5. The van der Waals surface area contributed by atoms with Gasteiger partial charge in [0.25, 0.3) is 0 Å². The summed E-state index contributed by atoms with van der Waals surface area (Å²) in [6.07, 6.45) is 9.11. The van der Waals surface area contributed by atoms with Gasteiger partial charge >= 0.3 is 19.5 Å². The predicted octanol–water partition coefficient (Wildman–Crippen LogP) is 5.14. The Bertz CT molecular complexity index is 1620. The molecule has 0 saturated carbocycles. The van der Waals surface area contributed by atoms with Crippen molar-refractivity contribution in [1.82, 2.24) is 9.55 Å². The third-order valence-corrected chi connectivity index (χ3v) is 5.95. The van der Waals surface area contributed by atoms with Crippen molar-refractivity contribution in [2.24, 2.45) is 19.1 Å². The van der Waals surface area contributed by atoms with Gasteiger partial charge in [0.2, 0.25) is 0 Å². The fourth-order valence-electron chi connectivity index (χ4n) is 4.36. The van der Waals surface area contributed by atoms with E-state index in [1.165, 1.54) is 11.6 Å². The Hall–Kier alpha value is -3.90. The number of fused-ring (bicyclic) bond motifs is 2. The number of hydrogen-bond acceptors (Lipinski definition) is 5. The molecule has 0 N–H and O–H groups in total. The minimum absolute atomic E-state index is 0. The molecule has 0 aliphatic rings. The van der Waals surface area contributed by atoms with Crippen LogP contribution < -0.4 is 9.47 Å².